The first-order valence-electron chi connectivity index (χ1n) is 7.11. The van der Waals surface area contributed by atoms with E-state index in [1.54, 1.807) is 7.11 Å². The van der Waals surface area contributed by atoms with E-state index in [2.05, 4.69) is 35.3 Å². The molecule has 3 heteroatoms. The minimum Gasteiger partial charge on any atom is -0.495 e. The number of aryl methyl sites for hydroxylation is 1. The number of fused-ring (bicyclic) bond motifs is 1. The van der Waals surface area contributed by atoms with Gasteiger partial charge in [-0.15, -0.1) is 0 Å². The van der Waals surface area contributed by atoms with E-state index in [9.17, 15) is 0 Å². The molecule has 0 saturated carbocycles. The molecule has 102 valence electrons. The van der Waals surface area contributed by atoms with Crippen LogP contribution in [-0.4, -0.2) is 24.8 Å². The van der Waals surface area contributed by atoms with E-state index in [0.717, 1.165) is 11.7 Å². The zero-order chi connectivity index (χ0) is 13.2. The number of aromatic nitrogens is 1. The Morgan fingerprint density at radius 3 is 2.84 bits per heavy atom. The summed E-state index contributed by atoms with van der Waals surface area (Å²) in [5.74, 6) is 1.79. The van der Waals surface area contributed by atoms with Crippen LogP contribution in [0.5, 0.6) is 5.75 Å². The summed E-state index contributed by atoms with van der Waals surface area (Å²) in [5.41, 5.74) is 2.68. The number of para-hydroxylation sites is 1. The Morgan fingerprint density at radius 2 is 2.11 bits per heavy atom. The molecule has 1 aliphatic rings. The van der Waals surface area contributed by atoms with Crippen LogP contribution < -0.4 is 10.1 Å². The Morgan fingerprint density at radius 1 is 1.32 bits per heavy atom. The molecule has 0 aliphatic carbocycles. The van der Waals surface area contributed by atoms with Gasteiger partial charge in [0.1, 0.15) is 5.75 Å². The highest BCUT2D eigenvalue weighted by Gasteiger charge is 2.17. The van der Waals surface area contributed by atoms with Crippen molar-refractivity contribution in [3.8, 4) is 5.75 Å². The summed E-state index contributed by atoms with van der Waals surface area (Å²) in [5, 5.41) is 4.78. The number of piperidine rings is 1. The monoisotopic (exact) mass is 258 g/mol. The van der Waals surface area contributed by atoms with E-state index in [1.165, 1.54) is 48.8 Å². The van der Waals surface area contributed by atoms with Crippen molar-refractivity contribution >= 4 is 10.9 Å². The lowest BCUT2D eigenvalue weighted by molar-refractivity contribution is 0.373. The van der Waals surface area contributed by atoms with Gasteiger partial charge < -0.3 is 14.6 Å². The second-order valence-corrected chi connectivity index (χ2v) is 5.52. The average molecular weight is 258 g/mol. The van der Waals surface area contributed by atoms with E-state index >= 15 is 0 Å². The Bertz CT molecular complexity index is 567. The lowest BCUT2D eigenvalue weighted by Crippen LogP contribution is -2.28. The van der Waals surface area contributed by atoms with Crippen molar-refractivity contribution in [1.29, 1.82) is 0 Å². The fourth-order valence-corrected chi connectivity index (χ4v) is 3.24. The predicted octanol–water partition coefficient (Wildman–Crippen LogP) is 2.73. The van der Waals surface area contributed by atoms with Gasteiger partial charge in [0.2, 0.25) is 0 Å². The molecule has 3 rings (SSSR count). The number of ether oxygens (including phenoxy) is 1. The van der Waals surface area contributed by atoms with E-state index < -0.39 is 0 Å². The van der Waals surface area contributed by atoms with E-state index in [1.807, 2.05) is 6.07 Å². The Labute approximate surface area is 114 Å². The first-order chi connectivity index (χ1) is 9.29. The first kappa shape index (κ1) is 12.5. The fraction of sp³-hybridized carbons (Fsp3) is 0.500. The normalized spacial score (nSPS) is 16.9. The van der Waals surface area contributed by atoms with Crippen molar-refractivity contribution < 1.29 is 4.74 Å². The number of benzene rings is 1. The Kier molecular flexibility index (Phi) is 3.47. The average Bonchev–Trinajstić information content (AvgIpc) is 2.77. The molecule has 1 aromatic heterocycles. The molecule has 0 amide bonds. The number of nitrogens with one attached hydrogen (secondary N) is 1. The summed E-state index contributed by atoms with van der Waals surface area (Å²) in [6.07, 6.45) is 6.04. The third-order valence-electron chi connectivity index (χ3n) is 4.23. The minimum absolute atomic E-state index is 0.818. The Hall–Kier alpha value is -1.48. The molecular formula is C16H22N2O. The lowest BCUT2D eigenvalue weighted by Gasteiger charge is -2.22. The van der Waals surface area contributed by atoms with Crippen molar-refractivity contribution in [3.63, 3.8) is 0 Å². The molecule has 1 N–H and O–H groups in total. The molecule has 1 aromatic carbocycles. The van der Waals surface area contributed by atoms with Crippen molar-refractivity contribution in [1.82, 2.24) is 9.88 Å². The van der Waals surface area contributed by atoms with E-state index in [4.69, 9.17) is 4.74 Å². The number of methoxy groups -OCH3 is 1. The van der Waals surface area contributed by atoms with Crippen LogP contribution in [0.2, 0.25) is 0 Å². The highest BCUT2D eigenvalue weighted by atomic mass is 16.5. The standard InChI is InChI=1S/C16H22N2O/c1-18-11-13(10-12-6-8-17-9-7-12)14-4-3-5-15(19-2)16(14)18/h3-5,11-12,17H,6-10H2,1-2H3. The second kappa shape index (κ2) is 5.25. The zero-order valence-electron chi connectivity index (χ0n) is 11.8. The molecular weight excluding hydrogens is 236 g/mol. The van der Waals surface area contributed by atoms with Crippen molar-refractivity contribution in [2.45, 2.75) is 19.3 Å². The van der Waals surface area contributed by atoms with Gasteiger partial charge in [-0.05, 0) is 49.9 Å². The highest BCUT2D eigenvalue weighted by molar-refractivity contribution is 5.89. The third-order valence-corrected chi connectivity index (χ3v) is 4.23. The van der Waals surface area contributed by atoms with E-state index in [0.29, 0.717) is 0 Å². The minimum atomic E-state index is 0.818. The number of hydrogen-bond acceptors (Lipinski definition) is 2. The summed E-state index contributed by atoms with van der Waals surface area (Å²) < 4.78 is 7.68. The smallest absolute Gasteiger partial charge is 0.143 e. The molecule has 0 radical (unpaired) electrons. The third kappa shape index (κ3) is 2.35. The molecule has 0 bridgehead atoms. The number of nitrogens with zero attached hydrogens (tertiary/aromatic N) is 1. The van der Waals surface area contributed by atoms with Crippen LogP contribution in [0.3, 0.4) is 0 Å². The highest BCUT2D eigenvalue weighted by Crippen LogP contribution is 2.31. The maximum Gasteiger partial charge on any atom is 0.143 e. The van der Waals surface area contributed by atoms with Crippen molar-refractivity contribution in [3.05, 3.63) is 30.0 Å². The quantitative estimate of drug-likeness (QED) is 0.916. The molecule has 1 aliphatic heterocycles. The molecule has 2 aromatic rings. The van der Waals surface area contributed by atoms with Gasteiger partial charge in [0.15, 0.2) is 0 Å². The van der Waals surface area contributed by atoms with Crippen LogP contribution in [0.15, 0.2) is 24.4 Å². The molecule has 1 saturated heterocycles. The summed E-state index contributed by atoms with van der Waals surface area (Å²) >= 11 is 0. The van der Waals surface area contributed by atoms with Crippen LogP contribution in [-0.2, 0) is 13.5 Å². The topological polar surface area (TPSA) is 26.2 Å². The molecule has 0 spiro atoms. The fourth-order valence-electron chi connectivity index (χ4n) is 3.24. The van der Waals surface area contributed by atoms with Crippen molar-refractivity contribution in [2.75, 3.05) is 20.2 Å². The van der Waals surface area contributed by atoms with Crippen LogP contribution in [0.1, 0.15) is 18.4 Å². The zero-order valence-corrected chi connectivity index (χ0v) is 11.8. The summed E-state index contributed by atoms with van der Waals surface area (Å²) in [7, 11) is 3.85. The van der Waals surface area contributed by atoms with Gasteiger partial charge in [0.05, 0.1) is 12.6 Å². The van der Waals surface area contributed by atoms with Gasteiger partial charge >= 0.3 is 0 Å². The second-order valence-electron chi connectivity index (χ2n) is 5.52. The van der Waals surface area contributed by atoms with Gasteiger partial charge in [0.25, 0.3) is 0 Å². The number of rotatable bonds is 3. The van der Waals surface area contributed by atoms with Gasteiger partial charge in [-0.1, -0.05) is 12.1 Å². The van der Waals surface area contributed by atoms with Gasteiger partial charge in [-0.2, -0.15) is 0 Å². The molecule has 19 heavy (non-hydrogen) atoms. The SMILES string of the molecule is COc1cccc2c(CC3CCNCC3)cn(C)c12. The molecule has 3 nitrogen and oxygen atoms in total. The predicted molar refractivity (Wildman–Crippen MR) is 78.8 cm³/mol. The number of hydrogen-bond donors (Lipinski definition) is 1. The molecule has 1 fully saturated rings. The Balaban J connectivity index is 1.95. The summed E-state index contributed by atoms with van der Waals surface area (Å²) in [6.45, 7) is 2.33. The van der Waals surface area contributed by atoms with Crippen LogP contribution in [0.4, 0.5) is 0 Å². The summed E-state index contributed by atoms with van der Waals surface area (Å²) in [6, 6.07) is 6.35. The van der Waals surface area contributed by atoms with Gasteiger partial charge in [-0.25, -0.2) is 0 Å². The van der Waals surface area contributed by atoms with E-state index in [-0.39, 0.29) is 0 Å². The molecule has 0 unspecified atom stereocenters. The van der Waals surface area contributed by atoms with Crippen LogP contribution >= 0.6 is 0 Å². The molecule has 2 heterocycles. The van der Waals surface area contributed by atoms with Crippen LogP contribution in [0, 0.1) is 5.92 Å². The summed E-state index contributed by atoms with van der Waals surface area (Å²) in [4.78, 5) is 0. The maximum atomic E-state index is 5.48. The lowest BCUT2D eigenvalue weighted by atomic mass is 9.91. The van der Waals surface area contributed by atoms with Crippen molar-refractivity contribution in [2.24, 2.45) is 13.0 Å². The maximum absolute atomic E-state index is 5.48. The molecule has 0 atom stereocenters. The van der Waals surface area contributed by atoms with Gasteiger partial charge in [-0.3, -0.25) is 0 Å². The van der Waals surface area contributed by atoms with Gasteiger partial charge in [0, 0.05) is 18.6 Å². The first-order valence-corrected chi connectivity index (χ1v) is 7.11. The largest absolute Gasteiger partial charge is 0.495 e. The van der Waals surface area contributed by atoms with Crippen LogP contribution in [0.25, 0.3) is 10.9 Å².